The Morgan fingerprint density at radius 1 is 1.46 bits per heavy atom. The van der Waals surface area contributed by atoms with Crippen molar-refractivity contribution < 1.29 is 9.53 Å². The zero-order valence-corrected chi connectivity index (χ0v) is 14.6. The summed E-state index contributed by atoms with van der Waals surface area (Å²) < 4.78 is 6.04. The molecule has 2 atom stereocenters. The average Bonchev–Trinajstić information content (AvgIpc) is 3.34. The third-order valence-electron chi connectivity index (χ3n) is 4.71. The first-order valence-electron chi connectivity index (χ1n) is 8.90. The highest BCUT2D eigenvalue weighted by atomic mass is 16.5. The van der Waals surface area contributed by atoms with E-state index in [4.69, 9.17) is 4.74 Å². The van der Waals surface area contributed by atoms with Crippen LogP contribution in [0.15, 0.2) is 24.5 Å². The monoisotopic (exact) mass is 329 g/mol. The molecule has 24 heavy (non-hydrogen) atoms. The second-order valence-corrected chi connectivity index (χ2v) is 6.87. The molecule has 2 fully saturated rings. The van der Waals surface area contributed by atoms with Crippen molar-refractivity contribution >= 4 is 12.0 Å². The topological polar surface area (TPSA) is 54.5 Å². The van der Waals surface area contributed by atoms with Gasteiger partial charge in [0, 0.05) is 31.1 Å². The molecule has 5 nitrogen and oxygen atoms in total. The quantitative estimate of drug-likeness (QED) is 0.835. The van der Waals surface area contributed by atoms with Gasteiger partial charge < -0.3 is 15.0 Å². The molecule has 1 aromatic heterocycles. The smallest absolute Gasteiger partial charge is 0.225 e. The second kappa shape index (κ2) is 7.79. The molecular weight excluding hydrogens is 302 g/mol. The van der Waals surface area contributed by atoms with Gasteiger partial charge in [0.25, 0.3) is 0 Å². The summed E-state index contributed by atoms with van der Waals surface area (Å²) in [7, 11) is 1.97. The maximum Gasteiger partial charge on any atom is 0.225 e. The van der Waals surface area contributed by atoms with Gasteiger partial charge in [-0.2, -0.15) is 0 Å². The molecule has 1 saturated carbocycles. The van der Waals surface area contributed by atoms with Crippen LogP contribution >= 0.6 is 0 Å². The van der Waals surface area contributed by atoms with Crippen LogP contribution in [0, 0.1) is 5.92 Å². The number of ether oxygens (including phenoxy) is 1. The summed E-state index contributed by atoms with van der Waals surface area (Å²) in [5.74, 6) is 1.39. The van der Waals surface area contributed by atoms with E-state index in [1.165, 1.54) is 0 Å². The number of carbonyl (C=O) groups is 1. The molecule has 3 rings (SSSR count). The van der Waals surface area contributed by atoms with E-state index < -0.39 is 0 Å². The van der Waals surface area contributed by atoms with Gasteiger partial charge in [0.05, 0.1) is 12.7 Å². The van der Waals surface area contributed by atoms with Gasteiger partial charge in [0.15, 0.2) is 0 Å². The molecule has 0 aromatic carbocycles. The number of likely N-dealkylation sites (tertiary alicyclic amines) is 1. The van der Waals surface area contributed by atoms with Crippen molar-refractivity contribution in [2.45, 2.75) is 44.8 Å². The summed E-state index contributed by atoms with van der Waals surface area (Å²) >= 11 is 0. The number of aromatic nitrogens is 1. The number of hydrogen-bond donors (Lipinski definition) is 1. The Kier molecular flexibility index (Phi) is 5.51. The molecule has 1 N–H and O–H groups in total. The molecule has 1 aromatic rings. The molecular formula is C19H27N3O2. The van der Waals surface area contributed by atoms with E-state index >= 15 is 0 Å². The van der Waals surface area contributed by atoms with E-state index in [0.29, 0.717) is 24.4 Å². The highest BCUT2D eigenvalue weighted by Gasteiger charge is 2.37. The standard InChI is InChI=1S/C19H27N3O2/c1-14(20-2)4-3-5-15-10-18(12-21-11-15)24-17-8-9-22(13-17)19(23)16-6-7-16/h3,5,10-12,14,16-17,20H,4,6-9,13H2,1-2H3/t14-,17+/m0/s1. The van der Waals surface area contributed by atoms with Gasteiger partial charge in [-0.25, -0.2) is 0 Å². The van der Waals surface area contributed by atoms with Crippen molar-refractivity contribution in [3.63, 3.8) is 0 Å². The van der Waals surface area contributed by atoms with E-state index in [1.54, 1.807) is 6.20 Å². The van der Waals surface area contributed by atoms with Crippen molar-refractivity contribution in [3.8, 4) is 5.75 Å². The molecule has 0 radical (unpaired) electrons. The van der Waals surface area contributed by atoms with Crippen LogP contribution in [0.5, 0.6) is 5.75 Å². The van der Waals surface area contributed by atoms with E-state index in [0.717, 1.165) is 43.5 Å². The molecule has 5 heteroatoms. The zero-order chi connectivity index (χ0) is 16.9. The zero-order valence-electron chi connectivity index (χ0n) is 14.6. The molecule has 2 aliphatic rings. The number of carbonyl (C=O) groups excluding carboxylic acids is 1. The fraction of sp³-hybridized carbons (Fsp3) is 0.579. The van der Waals surface area contributed by atoms with Gasteiger partial charge in [0.1, 0.15) is 11.9 Å². The number of nitrogens with one attached hydrogen (secondary N) is 1. The second-order valence-electron chi connectivity index (χ2n) is 6.87. The molecule has 1 aliphatic heterocycles. The van der Waals surface area contributed by atoms with Crippen LogP contribution in [0.25, 0.3) is 6.08 Å². The van der Waals surface area contributed by atoms with Crippen molar-refractivity contribution in [2.24, 2.45) is 5.92 Å². The van der Waals surface area contributed by atoms with Gasteiger partial charge in [-0.3, -0.25) is 9.78 Å². The number of pyridine rings is 1. The first-order chi connectivity index (χ1) is 11.7. The van der Waals surface area contributed by atoms with Crippen LogP contribution in [-0.2, 0) is 4.79 Å². The Bertz CT molecular complexity index is 598. The van der Waals surface area contributed by atoms with E-state index in [9.17, 15) is 4.79 Å². The van der Waals surface area contributed by atoms with Gasteiger partial charge in [-0.1, -0.05) is 12.2 Å². The molecule has 130 valence electrons. The predicted molar refractivity (Wildman–Crippen MR) is 94.7 cm³/mol. The van der Waals surface area contributed by atoms with E-state index in [1.807, 2.05) is 24.2 Å². The summed E-state index contributed by atoms with van der Waals surface area (Å²) in [5, 5.41) is 3.21. The maximum absolute atomic E-state index is 12.1. The summed E-state index contributed by atoms with van der Waals surface area (Å²) in [6.07, 6.45) is 11.9. The van der Waals surface area contributed by atoms with Crippen LogP contribution < -0.4 is 10.1 Å². The highest BCUT2D eigenvalue weighted by molar-refractivity contribution is 5.81. The fourth-order valence-electron chi connectivity index (χ4n) is 2.92. The lowest BCUT2D eigenvalue weighted by molar-refractivity contribution is -0.131. The van der Waals surface area contributed by atoms with Gasteiger partial charge in [0.2, 0.25) is 5.91 Å². The Hall–Kier alpha value is -1.88. The van der Waals surface area contributed by atoms with Crippen molar-refractivity contribution in [1.82, 2.24) is 15.2 Å². The van der Waals surface area contributed by atoms with Crippen LogP contribution in [0.2, 0.25) is 0 Å². The van der Waals surface area contributed by atoms with Gasteiger partial charge in [-0.05, 0) is 44.9 Å². The molecule has 0 unspecified atom stereocenters. The Morgan fingerprint density at radius 2 is 2.29 bits per heavy atom. The minimum absolute atomic E-state index is 0.0815. The third kappa shape index (κ3) is 4.57. The lowest BCUT2D eigenvalue weighted by atomic mass is 10.2. The van der Waals surface area contributed by atoms with E-state index in [-0.39, 0.29) is 6.10 Å². The van der Waals surface area contributed by atoms with Crippen LogP contribution in [-0.4, -0.2) is 48.1 Å². The molecule has 2 heterocycles. The summed E-state index contributed by atoms with van der Waals surface area (Å²) in [6, 6.07) is 2.47. The van der Waals surface area contributed by atoms with Gasteiger partial charge >= 0.3 is 0 Å². The average molecular weight is 329 g/mol. The molecule has 0 bridgehead atoms. The number of nitrogens with zero attached hydrogens (tertiary/aromatic N) is 2. The van der Waals surface area contributed by atoms with Crippen LogP contribution in [0.3, 0.4) is 0 Å². The highest BCUT2D eigenvalue weighted by Crippen LogP contribution is 2.32. The summed E-state index contributed by atoms with van der Waals surface area (Å²) in [4.78, 5) is 18.3. The lowest BCUT2D eigenvalue weighted by Crippen LogP contribution is -2.31. The third-order valence-corrected chi connectivity index (χ3v) is 4.71. The fourth-order valence-corrected chi connectivity index (χ4v) is 2.92. The Labute approximate surface area is 144 Å². The van der Waals surface area contributed by atoms with Crippen LogP contribution in [0.1, 0.15) is 38.2 Å². The summed E-state index contributed by atoms with van der Waals surface area (Å²) in [6.45, 7) is 3.67. The molecule has 1 amide bonds. The Morgan fingerprint density at radius 3 is 3.04 bits per heavy atom. The minimum atomic E-state index is 0.0815. The number of amides is 1. The van der Waals surface area contributed by atoms with E-state index in [2.05, 4.69) is 29.4 Å². The van der Waals surface area contributed by atoms with Gasteiger partial charge in [-0.15, -0.1) is 0 Å². The van der Waals surface area contributed by atoms with Crippen LogP contribution in [0.4, 0.5) is 0 Å². The minimum Gasteiger partial charge on any atom is -0.487 e. The first-order valence-corrected chi connectivity index (χ1v) is 8.90. The number of rotatable bonds is 7. The Balaban J connectivity index is 1.52. The van der Waals surface area contributed by atoms with Crippen molar-refractivity contribution in [1.29, 1.82) is 0 Å². The SMILES string of the molecule is CN[C@@H](C)CC=Cc1cncc(O[C@@H]2CCN(C(=O)C3CC3)C2)c1. The lowest BCUT2D eigenvalue weighted by Gasteiger charge is -2.17. The normalized spacial score (nSPS) is 22.1. The predicted octanol–water partition coefficient (Wildman–Crippen LogP) is 2.48. The molecule has 0 spiro atoms. The molecule has 1 aliphatic carbocycles. The largest absolute Gasteiger partial charge is 0.487 e. The van der Waals surface area contributed by atoms with Crippen molar-refractivity contribution in [3.05, 3.63) is 30.1 Å². The molecule has 1 saturated heterocycles. The van der Waals surface area contributed by atoms with Crippen molar-refractivity contribution in [2.75, 3.05) is 20.1 Å². The first kappa shape index (κ1) is 17.0. The summed E-state index contributed by atoms with van der Waals surface area (Å²) in [5.41, 5.74) is 1.04. The maximum atomic E-state index is 12.1. The number of hydrogen-bond acceptors (Lipinski definition) is 4.